The van der Waals surface area contributed by atoms with Gasteiger partial charge in [0.25, 0.3) is 11.8 Å². The lowest BCUT2D eigenvalue weighted by atomic mass is 9.81. The quantitative estimate of drug-likeness (QED) is 0.0748. The van der Waals surface area contributed by atoms with Gasteiger partial charge in [-0.3, -0.25) is 43.5 Å². The monoisotopic (exact) mass is 1030 g/mol. The predicted molar refractivity (Wildman–Crippen MR) is 283 cm³/mol. The molecule has 5 N–H and O–H groups in total. The van der Waals surface area contributed by atoms with Crippen LogP contribution in [0.15, 0.2) is 96.0 Å². The van der Waals surface area contributed by atoms with Gasteiger partial charge in [0, 0.05) is 54.3 Å². The van der Waals surface area contributed by atoms with Gasteiger partial charge >= 0.3 is 5.97 Å². The van der Waals surface area contributed by atoms with Crippen LogP contribution < -0.4 is 50.6 Å². The topological polar surface area (TPSA) is 235 Å². The van der Waals surface area contributed by atoms with E-state index in [-0.39, 0.29) is 67.4 Å². The number of ether oxygens (including phenoxy) is 4. The number of carbonyl (C=O) groups excluding carboxylic acids is 7. The highest BCUT2D eigenvalue weighted by atomic mass is 16.5. The zero-order valence-electron chi connectivity index (χ0n) is 42.4. The SMILES string of the molecule is COc1cc2c(cc1OCc1cc(COc3cc4c(cc3C)C(=O)N3c5ccccc5C[C@H]3C=N4)cc(NC(=O)CNC(=O)CNC(=O)CNC(=O)[C@H]3CC[C@H](C(=O)OC)CC3)c1)NC[C@@H]1Cc3ccccc3N1C2=O. The normalized spacial score (nSPS) is 18.7. The Balaban J connectivity index is 0.806. The number of nitrogens with one attached hydrogen (secondary N) is 5. The van der Waals surface area contributed by atoms with Crippen LogP contribution >= 0.6 is 0 Å². The molecule has 5 aliphatic rings. The zero-order valence-corrected chi connectivity index (χ0v) is 42.4. The third-order valence-corrected chi connectivity index (χ3v) is 14.6. The molecular formula is C57H58N8O11. The standard InChI is InChI=1S/C57H58N8O11/c1-32-16-42-44(58-25-40-20-37-8-4-6-10-46(37)64(40)55(42)70)23-48(32)75-30-33-17-34(31-76-50-24-45-43(22-49(50)73-2)56(71)65-41(26-59-45)21-38-9-5-7-11-47(38)65)19-39(18-33)63-53(68)29-61-51(66)27-60-52(67)28-62-54(69)35-12-14-36(15-13-35)57(72)74-3/h4-11,16-19,22-25,35-36,40-41,59H,12-15,20-21,26-31H2,1-3H3,(H,60,67)(H,61,66)(H,62,69)(H,63,68)/t35-,36-,40-,41-/m0/s1. The van der Waals surface area contributed by atoms with Crippen LogP contribution in [-0.4, -0.2) is 100 Å². The van der Waals surface area contributed by atoms with E-state index in [0.29, 0.717) is 95.2 Å². The van der Waals surface area contributed by atoms with Crippen LogP contribution in [0, 0.1) is 18.8 Å². The van der Waals surface area contributed by atoms with E-state index in [9.17, 15) is 33.6 Å². The molecule has 0 radical (unpaired) electrons. The van der Waals surface area contributed by atoms with Crippen molar-refractivity contribution in [1.29, 1.82) is 0 Å². The maximum atomic E-state index is 14.1. The first-order valence-electron chi connectivity index (χ1n) is 25.4. The second-order valence-corrected chi connectivity index (χ2v) is 19.6. The molecule has 1 aliphatic carbocycles. The van der Waals surface area contributed by atoms with Gasteiger partial charge in [-0.15, -0.1) is 0 Å². The number of benzene rings is 5. The Morgan fingerprint density at radius 1 is 0.658 bits per heavy atom. The number of rotatable bonds is 16. The molecule has 76 heavy (non-hydrogen) atoms. The molecule has 10 rings (SSSR count). The summed E-state index contributed by atoms with van der Waals surface area (Å²) in [5, 5.41) is 13.9. The number of esters is 1. The third kappa shape index (κ3) is 10.8. The fourth-order valence-electron chi connectivity index (χ4n) is 10.7. The fourth-order valence-corrected chi connectivity index (χ4v) is 10.7. The van der Waals surface area contributed by atoms with Crippen LogP contribution in [0.1, 0.15) is 74.2 Å². The third-order valence-electron chi connectivity index (χ3n) is 14.6. The van der Waals surface area contributed by atoms with Gasteiger partial charge < -0.3 is 50.4 Å². The van der Waals surface area contributed by atoms with E-state index in [2.05, 4.69) is 26.6 Å². The van der Waals surface area contributed by atoms with Gasteiger partial charge in [-0.25, -0.2) is 0 Å². The summed E-state index contributed by atoms with van der Waals surface area (Å²) in [4.78, 5) is 99.6. The van der Waals surface area contributed by atoms with Crippen molar-refractivity contribution in [3.63, 3.8) is 0 Å². The average molecular weight is 1030 g/mol. The molecule has 2 atom stereocenters. The van der Waals surface area contributed by atoms with Crippen molar-refractivity contribution in [3.05, 3.63) is 130 Å². The summed E-state index contributed by atoms with van der Waals surface area (Å²) >= 11 is 0. The molecule has 1 fully saturated rings. The van der Waals surface area contributed by atoms with E-state index in [0.717, 1.165) is 34.5 Å². The number of aryl methyl sites for hydroxylation is 1. The number of methoxy groups -OCH3 is 2. The summed E-state index contributed by atoms with van der Waals surface area (Å²) < 4.78 is 23.4. The van der Waals surface area contributed by atoms with Crippen LogP contribution in [0.2, 0.25) is 0 Å². The van der Waals surface area contributed by atoms with E-state index in [4.69, 9.17) is 23.9 Å². The number of hydrogen-bond acceptors (Lipinski definition) is 13. The van der Waals surface area contributed by atoms with E-state index < -0.39 is 30.8 Å². The number of anilines is 4. The number of aliphatic imine (C=N–C) groups is 1. The molecule has 0 bridgehead atoms. The van der Waals surface area contributed by atoms with Gasteiger partial charge in [-0.1, -0.05) is 36.4 Å². The lowest BCUT2D eigenvalue weighted by Crippen LogP contribution is -2.44. The molecule has 1 saturated carbocycles. The van der Waals surface area contributed by atoms with Gasteiger partial charge in [0.15, 0.2) is 11.5 Å². The maximum Gasteiger partial charge on any atom is 0.308 e. The Morgan fingerprint density at radius 3 is 1.97 bits per heavy atom. The smallest absolute Gasteiger partial charge is 0.308 e. The van der Waals surface area contributed by atoms with Crippen LogP contribution in [0.4, 0.5) is 28.4 Å². The largest absolute Gasteiger partial charge is 0.493 e. The van der Waals surface area contributed by atoms with E-state index in [1.807, 2.05) is 66.4 Å². The fraction of sp³-hybridized carbons (Fsp3) is 0.333. The van der Waals surface area contributed by atoms with E-state index in [1.54, 1.807) is 47.5 Å². The second kappa shape index (κ2) is 22.0. The number of carbonyl (C=O) groups is 7. The van der Waals surface area contributed by atoms with Crippen molar-refractivity contribution in [1.82, 2.24) is 16.0 Å². The molecule has 5 aromatic rings. The summed E-state index contributed by atoms with van der Waals surface area (Å²) in [5.74, 6) is -1.97. The van der Waals surface area contributed by atoms with Gasteiger partial charge in [0.05, 0.1) is 74.4 Å². The molecule has 4 heterocycles. The Morgan fingerprint density at radius 2 is 1.28 bits per heavy atom. The van der Waals surface area contributed by atoms with E-state index in [1.165, 1.54) is 14.2 Å². The van der Waals surface area contributed by atoms with Crippen LogP contribution in [0.3, 0.4) is 0 Å². The van der Waals surface area contributed by atoms with E-state index >= 15 is 0 Å². The Labute approximate surface area is 438 Å². The van der Waals surface area contributed by atoms with Crippen molar-refractivity contribution in [2.45, 2.75) is 70.7 Å². The van der Waals surface area contributed by atoms with Gasteiger partial charge in [-0.05, 0) is 109 Å². The molecule has 19 heteroatoms. The number of fused-ring (bicyclic) bond motifs is 8. The Bertz CT molecular complexity index is 3190. The van der Waals surface area contributed by atoms with Crippen molar-refractivity contribution in [2.75, 3.05) is 60.8 Å². The molecule has 19 nitrogen and oxygen atoms in total. The molecule has 0 saturated heterocycles. The summed E-state index contributed by atoms with van der Waals surface area (Å²) in [5.41, 5.74) is 8.38. The summed E-state index contributed by atoms with van der Waals surface area (Å²) in [6, 6.07) is 27.8. The highest BCUT2D eigenvalue weighted by molar-refractivity contribution is 6.15. The lowest BCUT2D eigenvalue weighted by Gasteiger charge is -2.25. The first-order valence-corrected chi connectivity index (χ1v) is 25.4. The molecule has 5 aromatic carbocycles. The van der Waals surface area contributed by atoms with Crippen molar-refractivity contribution >= 4 is 76.1 Å². The second-order valence-electron chi connectivity index (χ2n) is 19.6. The highest BCUT2D eigenvalue weighted by Gasteiger charge is 2.39. The molecular weight excluding hydrogens is 973 g/mol. The minimum Gasteiger partial charge on any atom is -0.493 e. The zero-order chi connectivity index (χ0) is 53.0. The lowest BCUT2D eigenvalue weighted by molar-refractivity contribution is -0.147. The molecule has 4 aliphatic heterocycles. The first-order chi connectivity index (χ1) is 36.8. The van der Waals surface area contributed by atoms with Gasteiger partial charge in [0.1, 0.15) is 19.0 Å². The number of amides is 6. The Kier molecular flexibility index (Phi) is 14.7. The van der Waals surface area contributed by atoms with Crippen molar-refractivity contribution in [3.8, 4) is 17.2 Å². The van der Waals surface area contributed by atoms with Crippen LogP contribution in [-0.2, 0) is 54.8 Å². The predicted octanol–water partition coefficient (Wildman–Crippen LogP) is 5.71. The maximum absolute atomic E-state index is 14.1. The summed E-state index contributed by atoms with van der Waals surface area (Å²) in [6.07, 6.45) is 5.25. The van der Waals surface area contributed by atoms with Gasteiger partial charge in [0.2, 0.25) is 23.6 Å². The molecule has 0 unspecified atom stereocenters. The molecule has 6 amide bonds. The molecule has 0 aromatic heterocycles. The molecule has 0 spiro atoms. The minimum absolute atomic E-state index is 0.00479. The number of nitrogens with zero attached hydrogens (tertiary/aromatic N) is 3. The minimum atomic E-state index is -0.629. The van der Waals surface area contributed by atoms with Crippen molar-refractivity contribution < 1.29 is 52.5 Å². The number of hydrogen-bond donors (Lipinski definition) is 5. The van der Waals surface area contributed by atoms with Crippen LogP contribution in [0.25, 0.3) is 0 Å². The first kappa shape index (κ1) is 50.8. The average Bonchev–Trinajstić information content (AvgIpc) is 3.95. The van der Waals surface area contributed by atoms with Gasteiger partial charge in [-0.2, -0.15) is 0 Å². The highest BCUT2D eigenvalue weighted by Crippen LogP contribution is 2.42. The number of para-hydroxylation sites is 2. The Hall–Kier alpha value is -8.74. The molecule has 392 valence electrons. The summed E-state index contributed by atoms with van der Waals surface area (Å²) in [7, 11) is 2.84. The summed E-state index contributed by atoms with van der Waals surface area (Å²) in [6.45, 7) is 1.24. The van der Waals surface area contributed by atoms with Crippen molar-refractivity contribution in [2.24, 2.45) is 16.8 Å². The van der Waals surface area contributed by atoms with Crippen LogP contribution in [0.5, 0.6) is 17.2 Å².